The van der Waals surface area contributed by atoms with Crippen LogP contribution in [-0.4, -0.2) is 46.1 Å². The first-order valence-corrected chi connectivity index (χ1v) is 7.38. The van der Waals surface area contributed by atoms with Gasteiger partial charge in [-0.2, -0.15) is 0 Å². The van der Waals surface area contributed by atoms with Gasteiger partial charge in [-0.05, 0) is 19.8 Å². The third-order valence-electron chi connectivity index (χ3n) is 3.70. The standard InChI is InChI=1S/C15H19N5O2/c1-11-7-12(22-18-11)10-19(2)14-9-16-8-13(17-14)15(21)20-5-3-4-6-20/h7-9H,3-6,10H2,1-2H3. The minimum atomic E-state index is -0.0456. The number of likely N-dealkylation sites (tertiary alicyclic amines) is 1. The van der Waals surface area contributed by atoms with E-state index in [1.54, 1.807) is 6.20 Å². The molecular formula is C15H19N5O2. The number of hydrogen-bond acceptors (Lipinski definition) is 6. The number of anilines is 1. The minimum Gasteiger partial charge on any atom is -0.359 e. The minimum absolute atomic E-state index is 0.0456. The zero-order chi connectivity index (χ0) is 15.5. The van der Waals surface area contributed by atoms with Gasteiger partial charge in [0.05, 0.1) is 24.6 Å². The number of aryl methyl sites for hydroxylation is 1. The first kappa shape index (κ1) is 14.5. The van der Waals surface area contributed by atoms with Crippen LogP contribution in [0.25, 0.3) is 0 Å². The maximum atomic E-state index is 12.4. The highest BCUT2D eigenvalue weighted by Gasteiger charge is 2.21. The van der Waals surface area contributed by atoms with Gasteiger partial charge in [-0.3, -0.25) is 9.78 Å². The van der Waals surface area contributed by atoms with Crippen molar-refractivity contribution in [3.05, 3.63) is 35.6 Å². The summed E-state index contributed by atoms with van der Waals surface area (Å²) in [4.78, 5) is 24.6. The maximum Gasteiger partial charge on any atom is 0.274 e. The molecule has 0 bridgehead atoms. The zero-order valence-electron chi connectivity index (χ0n) is 12.8. The highest BCUT2D eigenvalue weighted by Crippen LogP contribution is 2.15. The van der Waals surface area contributed by atoms with Crippen LogP contribution in [0.3, 0.4) is 0 Å². The Balaban J connectivity index is 1.73. The molecule has 1 fully saturated rings. The number of amides is 1. The molecule has 0 saturated carbocycles. The van der Waals surface area contributed by atoms with Gasteiger partial charge in [0.2, 0.25) is 0 Å². The van der Waals surface area contributed by atoms with Crippen LogP contribution in [0.1, 0.15) is 34.8 Å². The van der Waals surface area contributed by atoms with E-state index < -0.39 is 0 Å². The molecule has 7 heteroatoms. The van der Waals surface area contributed by atoms with Crippen LogP contribution >= 0.6 is 0 Å². The molecule has 0 aliphatic carbocycles. The normalized spacial score (nSPS) is 14.4. The maximum absolute atomic E-state index is 12.4. The molecule has 3 heterocycles. The number of carbonyl (C=O) groups is 1. The summed E-state index contributed by atoms with van der Waals surface area (Å²) in [5, 5.41) is 3.86. The van der Waals surface area contributed by atoms with Gasteiger partial charge in [-0.15, -0.1) is 0 Å². The molecule has 0 N–H and O–H groups in total. The largest absolute Gasteiger partial charge is 0.359 e. The van der Waals surface area contributed by atoms with Crippen molar-refractivity contribution in [2.45, 2.75) is 26.3 Å². The summed E-state index contributed by atoms with van der Waals surface area (Å²) in [5.74, 6) is 1.34. The van der Waals surface area contributed by atoms with Crippen LogP contribution in [0.2, 0.25) is 0 Å². The Morgan fingerprint density at radius 3 is 2.82 bits per heavy atom. The summed E-state index contributed by atoms with van der Waals surface area (Å²) in [7, 11) is 1.88. The fourth-order valence-electron chi connectivity index (χ4n) is 2.53. The van der Waals surface area contributed by atoms with Gasteiger partial charge in [-0.25, -0.2) is 4.98 Å². The second kappa shape index (κ2) is 6.13. The molecule has 2 aromatic heterocycles. The van der Waals surface area contributed by atoms with E-state index in [1.807, 2.05) is 29.8 Å². The van der Waals surface area contributed by atoms with Gasteiger partial charge in [0.1, 0.15) is 11.5 Å². The van der Waals surface area contributed by atoms with E-state index in [1.165, 1.54) is 6.20 Å². The molecule has 1 aliphatic rings. The molecule has 1 aliphatic heterocycles. The SMILES string of the molecule is Cc1cc(CN(C)c2cncc(C(=O)N3CCCC3)n2)on1. The summed E-state index contributed by atoms with van der Waals surface area (Å²) in [5.41, 5.74) is 1.23. The first-order valence-electron chi connectivity index (χ1n) is 7.38. The topological polar surface area (TPSA) is 75.4 Å². The molecule has 3 rings (SSSR count). The second-order valence-electron chi connectivity index (χ2n) is 5.55. The molecule has 0 spiro atoms. The lowest BCUT2D eigenvalue weighted by Crippen LogP contribution is -2.29. The smallest absolute Gasteiger partial charge is 0.274 e. The highest BCUT2D eigenvalue weighted by atomic mass is 16.5. The average molecular weight is 301 g/mol. The zero-order valence-corrected chi connectivity index (χ0v) is 12.8. The van der Waals surface area contributed by atoms with E-state index in [-0.39, 0.29) is 5.91 Å². The van der Waals surface area contributed by atoms with E-state index in [4.69, 9.17) is 4.52 Å². The Labute approximate surface area is 128 Å². The van der Waals surface area contributed by atoms with Crippen molar-refractivity contribution < 1.29 is 9.32 Å². The summed E-state index contributed by atoms with van der Waals surface area (Å²) >= 11 is 0. The predicted octanol–water partition coefficient (Wildman–Crippen LogP) is 1.65. The van der Waals surface area contributed by atoms with E-state index in [0.717, 1.165) is 37.4 Å². The Kier molecular flexibility index (Phi) is 4.04. The molecule has 0 aromatic carbocycles. The van der Waals surface area contributed by atoms with E-state index in [9.17, 15) is 4.79 Å². The molecule has 22 heavy (non-hydrogen) atoms. The molecule has 1 saturated heterocycles. The molecule has 0 atom stereocenters. The van der Waals surface area contributed by atoms with Crippen LogP contribution in [0.5, 0.6) is 0 Å². The average Bonchev–Trinajstić information content (AvgIpc) is 3.18. The molecule has 2 aromatic rings. The summed E-state index contributed by atoms with van der Waals surface area (Å²) < 4.78 is 5.20. The molecule has 0 radical (unpaired) electrons. The molecule has 1 amide bonds. The first-order chi connectivity index (χ1) is 10.6. The van der Waals surface area contributed by atoms with Gasteiger partial charge in [0, 0.05) is 26.2 Å². The van der Waals surface area contributed by atoms with Crippen LogP contribution in [0.4, 0.5) is 5.82 Å². The second-order valence-corrected chi connectivity index (χ2v) is 5.55. The Hall–Kier alpha value is -2.44. The number of rotatable bonds is 4. The molecule has 7 nitrogen and oxygen atoms in total. The van der Waals surface area contributed by atoms with Gasteiger partial charge in [-0.1, -0.05) is 5.16 Å². The number of nitrogens with zero attached hydrogens (tertiary/aromatic N) is 5. The number of aromatic nitrogens is 3. The molecule has 0 unspecified atom stereocenters. The van der Waals surface area contributed by atoms with Gasteiger partial charge < -0.3 is 14.3 Å². The van der Waals surface area contributed by atoms with Crippen molar-refractivity contribution in [3.8, 4) is 0 Å². The number of carbonyl (C=O) groups excluding carboxylic acids is 1. The Morgan fingerprint density at radius 1 is 1.36 bits per heavy atom. The van der Waals surface area contributed by atoms with Gasteiger partial charge in [0.25, 0.3) is 5.91 Å². The number of hydrogen-bond donors (Lipinski definition) is 0. The van der Waals surface area contributed by atoms with E-state index >= 15 is 0 Å². The van der Waals surface area contributed by atoms with Crippen molar-refractivity contribution in [3.63, 3.8) is 0 Å². The molecular weight excluding hydrogens is 282 g/mol. The van der Waals surface area contributed by atoms with Gasteiger partial charge >= 0.3 is 0 Å². The van der Waals surface area contributed by atoms with E-state index in [0.29, 0.717) is 18.1 Å². The van der Waals surface area contributed by atoms with Crippen LogP contribution < -0.4 is 4.90 Å². The van der Waals surface area contributed by atoms with Crippen molar-refractivity contribution >= 4 is 11.7 Å². The fourth-order valence-corrected chi connectivity index (χ4v) is 2.53. The summed E-state index contributed by atoms with van der Waals surface area (Å²) in [6.07, 6.45) is 5.29. The quantitative estimate of drug-likeness (QED) is 0.854. The summed E-state index contributed by atoms with van der Waals surface area (Å²) in [6, 6.07) is 1.88. The third-order valence-corrected chi connectivity index (χ3v) is 3.70. The Morgan fingerprint density at radius 2 is 2.14 bits per heavy atom. The van der Waals surface area contributed by atoms with Crippen molar-refractivity contribution in [1.82, 2.24) is 20.0 Å². The monoisotopic (exact) mass is 301 g/mol. The van der Waals surface area contributed by atoms with E-state index in [2.05, 4.69) is 15.1 Å². The lowest BCUT2D eigenvalue weighted by Gasteiger charge is -2.18. The lowest BCUT2D eigenvalue weighted by molar-refractivity contribution is 0.0786. The van der Waals surface area contributed by atoms with Gasteiger partial charge in [0.15, 0.2) is 5.76 Å². The van der Waals surface area contributed by atoms with Crippen LogP contribution in [0, 0.1) is 6.92 Å². The van der Waals surface area contributed by atoms with Crippen molar-refractivity contribution in [1.29, 1.82) is 0 Å². The van der Waals surface area contributed by atoms with Crippen molar-refractivity contribution in [2.24, 2.45) is 0 Å². The third kappa shape index (κ3) is 3.08. The van der Waals surface area contributed by atoms with Crippen LogP contribution in [0.15, 0.2) is 23.0 Å². The summed E-state index contributed by atoms with van der Waals surface area (Å²) in [6.45, 7) is 4.01. The highest BCUT2D eigenvalue weighted by molar-refractivity contribution is 5.92. The Bertz CT molecular complexity index is 663. The predicted molar refractivity (Wildman–Crippen MR) is 80.5 cm³/mol. The lowest BCUT2D eigenvalue weighted by atomic mass is 10.3. The molecule has 116 valence electrons. The van der Waals surface area contributed by atoms with Crippen molar-refractivity contribution in [2.75, 3.05) is 25.0 Å². The van der Waals surface area contributed by atoms with Crippen LogP contribution in [-0.2, 0) is 6.54 Å². The fraction of sp³-hybridized carbons (Fsp3) is 0.467.